The van der Waals surface area contributed by atoms with Crippen LogP contribution in [0.4, 0.5) is 10.1 Å². The van der Waals surface area contributed by atoms with Gasteiger partial charge in [0.15, 0.2) is 0 Å². The van der Waals surface area contributed by atoms with E-state index in [4.69, 9.17) is 15.4 Å². The van der Waals surface area contributed by atoms with Crippen LogP contribution in [-0.4, -0.2) is 37.4 Å². The molecule has 0 bridgehead atoms. The molecule has 1 aromatic rings. The maximum Gasteiger partial charge on any atom is 0.238 e. The smallest absolute Gasteiger partial charge is 0.238 e. The first-order chi connectivity index (χ1) is 8.22. The van der Waals surface area contributed by atoms with Crippen molar-refractivity contribution >= 4 is 15.7 Å². The van der Waals surface area contributed by atoms with Crippen LogP contribution in [0.15, 0.2) is 23.1 Å². The number of hydrogen-bond donors (Lipinski definition) is 4. The van der Waals surface area contributed by atoms with E-state index >= 15 is 0 Å². The van der Waals surface area contributed by atoms with Crippen LogP contribution in [-0.2, 0) is 10.0 Å². The number of rotatable bonds is 5. The fourth-order valence-electron chi connectivity index (χ4n) is 1.23. The summed E-state index contributed by atoms with van der Waals surface area (Å²) in [6.45, 7) is 0.653. The average molecular weight is 278 g/mol. The second-order valence-electron chi connectivity index (χ2n) is 4.19. The maximum atomic E-state index is 13.6. The van der Waals surface area contributed by atoms with Gasteiger partial charge in [-0.3, -0.25) is 0 Å². The van der Waals surface area contributed by atoms with Gasteiger partial charge in [-0.2, -0.15) is 0 Å². The van der Waals surface area contributed by atoms with Gasteiger partial charge < -0.3 is 15.5 Å². The first-order valence-corrected chi connectivity index (χ1v) is 6.59. The zero-order chi connectivity index (χ0) is 14.0. The summed E-state index contributed by atoms with van der Waals surface area (Å²) in [6.07, 6.45) is 0. The summed E-state index contributed by atoms with van der Waals surface area (Å²) in [6, 6.07) is 3.08. The van der Waals surface area contributed by atoms with E-state index in [1.54, 1.807) is 0 Å². The van der Waals surface area contributed by atoms with Gasteiger partial charge in [0.2, 0.25) is 10.0 Å². The van der Waals surface area contributed by atoms with E-state index < -0.39 is 34.6 Å². The van der Waals surface area contributed by atoms with Crippen LogP contribution in [0.25, 0.3) is 0 Å². The van der Waals surface area contributed by atoms with Crippen molar-refractivity contribution in [3.63, 3.8) is 0 Å². The number of benzene rings is 1. The molecule has 8 heteroatoms. The highest BCUT2D eigenvalue weighted by atomic mass is 32.2. The van der Waals surface area contributed by atoms with Gasteiger partial charge in [0.1, 0.15) is 5.82 Å². The number of nitrogens with one attached hydrogen (secondary N) is 1. The predicted octanol–water partition coefficient (Wildman–Crippen LogP) is -0.372. The summed E-state index contributed by atoms with van der Waals surface area (Å²) < 4.78 is 35.6. The van der Waals surface area contributed by atoms with Crippen molar-refractivity contribution in [2.24, 2.45) is 5.14 Å². The number of aliphatic hydroxyl groups excluding tert-OH is 2. The van der Waals surface area contributed by atoms with E-state index in [9.17, 15) is 12.8 Å². The molecule has 0 saturated carbocycles. The number of hydrogen-bond acceptors (Lipinski definition) is 5. The van der Waals surface area contributed by atoms with E-state index in [0.717, 1.165) is 12.1 Å². The molecule has 0 fully saturated rings. The first-order valence-electron chi connectivity index (χ1n) is 5.04. The van der Waals surface area contributed by atoms with Gasteiger partial charge in [-0.1, -0.05) is 0 Å². The average Bonchev–Trinajstić information content (AvgIpc) is 2.30. The minimum Gasteiger partial charge on any atom is -0.394 e. The molecule has 0 aliphatic rings. The van der Waals surface area contributed by atoms with Gasteiger partial charge in [0.25, 0.3) is 0 Å². The number of primary sulfonamides is 1. The van der Waals surface area contributed by atoms with Crippen molar-refractivity contribution in [3.8, 4) is 0 Å². The van der Waals surface area contributed by atoms with Gasteiger partial charge in [-0.25, -0.2) is 17.9 Å². The highest BCUT2D eigenvalue weighted by molar-refractivity contribution is 7.89. The topological polar surface area (TPSA) is 113 Å². The van der Waals surface area contributed by atoms with Gasteiger partial charge in [-0.05, 0) is 25.1 Å². The molecule has 0 atom stereocenters. The molecule has 0 spiro atoms. The SMILES string of the molecule is CC(CO)(CO)Nc1ccc(S(N)(=O)=O)cc1F. The normalized spacial score (nSPS) is 12.5. The molecule has 18 heavy (non-hydrogen) atoms. The zero-order valence-corrected chi connectivity index (χ0v) is 10.5. The third-order valence-corrected chi connectivity index (χ3v) is 3.31. The summed E-state index contributed by atoms with van der Waals surface area (Å²) in [4.78, 5) is -0.347. The number of aliphatic hydroxyl groups is 2. The van der Waals surface area contributed by atoms with E-state index in [0.29, 0.717) is 0 Å². The van der Waals surface area contributed by atoms with E-state index in [2.05, 4.69) is 5.32 Å². The lowest BCUT2D eigenvalue weighted by molar-refractivity contribution is 0.147. The third kappa shape index (κ3) is 3.39. The van der Waals surface area contributed by atoms with E-state index in [1.165, 1.54) is 13.0 Å². The van der Waals surface area contributed by atoms with Crippen molar-refractivity contribution in [2.75, 3.05) is 18.5 Å². The Morgan fingerprint density at radius 1 is 1.39 bits per heavy atom. The van der Waals surface area contributed by atoms with Crippen molar-refractivity contribution in [2.45, 2.75) is 17.4 Å². The van der Waals surface area contributed by atoms with Gasteiger partial charge in [0.05, 0.1) is 29.3 Å². The lowest BCUT2D eigenvalue weighted by atomic mass is 10.0. The van der Waals surface area contributed by atoms with Crippen LogP contribution < -0.4 is 10.5 Å². The molecular formula is C10H15FN2O4S. The minimum absolute atomic E-state index is 0.0343. The quantitative estimate of drug-likeness (QED) is 0.587. The van der Waals surface area contributed by atoms with Crippen LogP contribution >= 0.6 is 0 Å². The van der Waals surface area contributed by atoms with Gasteiger partial charge >= 0.3 is 0 Å². The largest absolute Gasteiger partial charge is 0.394 e. The lowest BCUT2D eigenvalue weighted by Gasteiger charge is -2.27. The molecule has 0 heterocycles. The standard InChI is InChI=1S/C10H15FN2O4S/c1-10(5-14,6-15)13-9-3-2-7(4-8(9)11)18(12,16)17/h2-4,13-15H,5-6H2,1H3,(H2,12,16,17). The molecule has 6 nitrogen and oxygen atoms in total. The molecule has 0 aliphatic carbocycles. The molecule has 1 rings (SSSR count). The second-order valence-corrected chi connectivity index (χ2v) is 5.75. The number of anilines is 1. The summed E-state index contributed by atoms with van der Waals surface area (Å²) >= 11 is 0. The Labute approximate surface area is 104 Å². The summed E-state index contributed by atoms with van der Waals surface area (Å²) in [5, 5.41) is 25.6. The predicted molar refractivity (Wildman–Crippen MR) is 64.0 cm³/mol. The van der Waals surface area contributed by atoms with Crippen molar-refractivity contribution < 1.29 is 23.0 Å². The Kier molecular flexibility index (Phi) is 4.28. The van der Waals surface area contributed by atoms with E-state index in [-0.39, 0.29) is 10.6 Å². The third-order valence-electron chi connectivity index (χ3n) is 2.40. The Morgan fingerprint density at radius 2 is 1.94 bits per heavy atom. The summed E-state index contributed by atoms with van der Waals surface area (Å²) in [7, 11) is -3.96. The number of halogens is 1. The second kappa shape index (κ2) is 5.19. The monoisotopic (exact) mass is 278 g/mol. The highest BCUT2D eigenvalue weighted by Crippen LogP contribution is 2.21. The van der Waals surface area contributed by atoms with Crippen molar-refractivity contribution in [1.29, 1.82) is 0 Å². The molecular weight excluding hydrogens is 263 g/mol. The Balaban J connectivity index is 3.08. The van der Waals surface area contributed by atoms with Crippen LogP contribution in [0.3, 0.4) is 0 Å². The maximum absolute atomic E-state index is 13.6. The van der Waals surface area contributed by atoms with Crippen LogP contribution in [0.2, 0.25) is 0 Å². The van der Waals surface area contributed by atoms with Crippen LogP contribution in [0.5, 0.6) is 0 Å². The molecule has 0 aliphatic heterocycles. The molecule has 0 aromatic heterocycles. The Morgan fingerprint density at radius 3 is 2.33 bits per heavy atom. The molecule has 0 radical (unpaired) electrons. The van der Waals surface area contributed by atoms with Gasteiger partial charge in [-0.15, -0.1) is 0 Å². The van der Waals surface area contributed by atoms with E-state index in [1.807, 2.05) is 0 Å². The summed E-state index contributed by atoms with van der Waals surface area (Å²) in [5.74, 6) is -0.838. The first kappa shape index (κ1) is 14.8. The van der Waals surface area contributed by atoms with Crippen LogP contribution in [0, 0.1) is 5.82 Å². The van der Waals surface area contributed by atoms with Crippen molar-refractivity contribution in [3.05, 3.63) is 24.0 Å². The van der Waals surface area contributed by atoms with Crippen LogP contribution in [0.1, 0.15) is 6.92 Å². The van der Waals surface area contributed by atoms with Crippen molar-refractivity contribution in [1.82, 2.24) is 0 Å². The molecule has 0 amide bonds. The fraction of sp³-hybridized carbons (Fsp3) is 0.400. The molecule has 0 saturated heterocycles. The fourth-order valence-corrected chi connectivity index (χ4v) is 1.75. The Hall–Kier alpha value is -1.22. The highest BCUT2D eigenvalue weighted by Gasteiger charge is 2.23. The zero-order valence-electron chi connectivity index (χ0n) is 9.72. The van der Waals surface area contributed by atoms with Gasteiger partial charge in [0, 0.05) is 0 Å². The number of nitrogens with two attached hydrogens (primary N) is 1. The Bertz CT molecular complexity index is 529. The molecule has 1 aromatic carbocycles. The summed E-state index contributed by atoms with van der Waals surface area (Å²) in [5.41, 5.74) is -1.14. The number of sulfonamides is 1. The molecule has 5 N–H and O–H groups in total. The lowest BCUT2D eigenvalue weighted by Crippen LogP contribution is -2.42. The molecule has 102 valence electrons. The minimum atomic E-state index is -3.96. The molecule has 0 unspecified atom stereocenters.